The van der Waals surface area contributed by atoms with Crippen molar-refractivity contribution in [3.8, 4) is 0 Å². The second-order valence-electron chi connectivity index (χ2n) is 6.39. The van der Waals surface area contributed by atoms with Crippen molar-refractivity contribution in [2.45, 2.75) is 25.8 Å². The summed E-state index contributed by atoms with van der Waals surface area (Å²) in [5.41, 5.74) is 1.46. The summed E-state index contributed by atoms with van der Waals surface area (Å²) < 4.78 is 2.08. The summed E-state index contributed by atoms with van der Waals surface area (Å²) in [7, 11) is 1.87. The molecule has 136 valence electrons. The van der Waals surface area contributed by atoms with Crippen LogP contribution in [-0.4, -0.2) is 47.1 Å². The predicted molar refractivity (Wildman–Crippen MR) is 113 cm³/mol. The normalized spacial score (nSPS) is 15.7. The predicted octanol–water partition coefficient (Wildman–Crippen LogP) is 3.03. The number of nitrogens with zero attached hydrogens (tertiary/aromatic N) is 4. The van der Waals surface area contributed by atoms with Crippen LogP contribution >= 0.6 is 24.0 Å². The van der Waals surface area contributed by atoms with Crippen LogP contribution < -0.4 is 5.32 Å². The van der Waals surface area contributed by atoms with E-state index in [0.29, 0.717) is 0 Å². The summed E-state index contributed by atoms with van der Waals surface area (Å²) in [6.07, 6.45) is 9.31. The van der Waals surface area contributed by atoms with Gasteiger partial charge in [0.1, 0.15) is 0 Å². The highest BCUT2D eigenvalue weighted by Crippen LogP contribution is 2.21. The van der Waals surface area contributed by atoms with Gasteiger partial charge in [-0.25, -0.2) is 4.98 Å². The Hall–Kier alpha value is -1.57. The zero-order valence-electron chi connectivity index (χ0n) is 14.8. The van der Waals surface area contributed by atoms with Gasteiger partial charge in [-0.05, 0) is 30.7 Å². The highest BCUT2D eigenvalue weighted by Gasteiger charge is 2.21. The van der Waals surface area contributed by atoms with E-state index in [1.807, 2.05) is 25.8 Å². The zero-order chi connectivity index (χ0) is 16.6. The highest BCUT2D eigenvalue weighted by atomic mass is 127. The summed E-state index contributed by atoms with van der Waals surface area (Å²) in [5, 5.41) is 3.47. The summed E-state index contributed by atoms with van der Waals surface area (Å²) in [5.74, 6) is 1.81. The van der Waals surface area contributed by atoms with Crippen molar-refractivity contribution in [1.82, 2.24) is 19.8 Å². The van der Waals surface area contributed by atoms with Crippen molar-refractivity contribution in [3.05, 3.63) is 54.6 Å². The van der Waals surface area contributed by atoms with Gasteiger partial charge in [0.05, 0.1) is 6.33 Å². The van der Waals surface area contributed by atoms with Gasteiger partial charge < -0.3 is 14.8 Å². The maximum atomic E-state index is 4.45. The van der Waals surface area contributed by atoms with Gasteiger partial charge in [0, 0.05) is 45.6 Å². The first-order valence-electron chi connectivity index (χ1n) is 8.80. The molecule has 25 heavy (non-hydrogen) atoms. The molecule has 1 saturated heterocycles. The number of nitrogens with one attached hydrogen (secondary N) is 1. The Kier molecular flexibility index (Phi) is 8.24. The molecule has 5 nitrogen and oxygen atoms in total. The lowest BCUT2D eigenvalue weighted by Crippen LogP contribution is -2.46. The molecule has 2 aromatic rings. The molecule has 1 aliphatic heterocycles. The first-order chi connectivity index (χ1) is 11.8. The minimum absolute atomic E-state index is 0. The van der Waals surface area contributed by atoms with Crippen molar-refractivity contribution in [2.24, 2.45) is 10.9 Å². The topological polar surface area (TPSA) is 45.5 Å². The van der Waals surface area contributed by atoms with Crippen LogP contribution in [0.1, 0.15) is 18.4 Å². The van der Waals surface area contributed by atoms with E-state index in [9.17, 15) is 0 Å². The van der Waals surface area contributed by atoms with E-state index in [4.69, 9.17) is 0 Å². The third kappa shape index (κ3) is 6.02. The van der Waals surface area contributed by atoms with Crippen LogP contribution in [-0.2, 0) is 13.0 Å². The van der Waals surface area contributed by atoms with Crippen LogP contribution in [0.5, 0.6) is 0 Å². The van der Waals surface area contributed by atoms with E-state index in [-0.39, 0.29) is 24.0 Å². The molecule has 3 rings (SSSR count). The lowest BCUT2D eigenvalue weighted by atomic mass is 9.90. The van der Waals surface area contributed by atoms with Crippen LogP contribution in [0.2, 0.25) is 0 Å². The number of aliphatic imine (C=N–C) groups is 1. The van der Waals surface area contributed by atoms with Gasteiger partial charge in [-0.15, -0.1) is 24.0 Å². The molecule has 0 unspecified atom stereocenters. The van der Waals surface area contributed by atoms with Gasteiger partial charge in [0.15, 0.2) is 5.96 Å². The molecule has 0 saturated carbocycles. The molecule has 1 fully saturated rings. The third-order valence-corrected chi connectivity index (χ3v) is 4.71. The van der Waals surface area contributed by atoms with Crippen LogP contribution in [0, 0.1) is 5.92 Å². The van der Waals surface area contributed by atoms with Gasteiger partial charge in [-0.2, -0.15) is 0 Å². The molecular formula is C19H28IN5. The molecule has 0 aliphatic carbocycles. The van der Waals surface area contributed by atoms with Gasteiger partial charge in [-0.3, -0.25) is 4.99 Å². The summed E-state index contributed by atoms with van der Waals surface area (Å²) in [6.45, 7) is 3.95. The van der Waals surface area contributed by atoms with Crippen molar-refractivity contribution in [2.75, 3.05) is 26.7 Å². The number of hydrogen-bond donors (Lipinski definition) is 1. The van der Waals surface area contributed by atoms with Crippen molar-refractivity contribution < 1.29 is 0 Å². The number of rotatable bonds is 5. The van der Waals surface area contributed by atoms with E-state index < -0.39 is 0 Å². The van der Waals surface area contributed by atoms with Crippen molar-refractivity contribution in [1.29, 1.82) is 0 Å². The zero-order valence-corrected chi connectivity index (χ0v) is 17.2. The number of halogens is 1. The molecule has 1 aliphatic rings. The maximum absolute atomic E-state index is 4.45. The second kappa shape index (κ2) is 10.4. The SMILES string of the molecule is CN=C(NCCn1ccnc1)N1CCC(Cc2ccccc2)CC1.I. The third-order valence-electron chi connectivity index (χ3n) is 4.71. The first kappa shape index (κ1) is 19.8. The highest BCUT2D eigenvalue weighted by molar-refractivity contribution is 14.0. The fourth-order valence-corrected chi connectivity index (χ4v) is 3.34. The second-order valence-corrected chi connectivity index (χ2v) is 6.39. The van der Waals surface area contributed by atoms with E-state index >= 15 is 0 Å². The number of benzene rings is 1. The van der Waals surface area contributed by atoms with Crippen LogP contribution in [0.3, 0.4) is 0 Å². The summed E-state index contributed by atoms with van der Waals surface area (Å²) in [4.78, 5) is 10.9. The minimum atomic E-state index is 0. The lowest BCUT2D eigenvalue weighted by Gasteiger charge is -2.34. The lowest BCUT2D eigenvalue weighted by molar-refractivity contribution is 0.259. The van der Waals surface area contributed by atoms with Gasteiger partial charge in [0.2, 0.25) is 0 Å². The fraction of sp³-hybridized carbons (Fsp3) is 0.474. The molecule has 1 N–H and O–H groups in total. The Morgan fingerprint density at radius 3 is 2.64 bits per heavy atom. The van der Waals surface area contributed by atoms with Gasteiger partial charge >= 0.3 is 0 Å². The molecule has 0 amide bonds. The van der Waals surface area contributed by atoms with Gasteiger partial charge in [0.25, 0.3) is 0 Å². The van der Waals surface area contributed by atoms with Crippen molar-refractivity contribution in [3.63, 3.8) is 0 Å². The maximum Gasteiger partial charge on any atom is 0.193 e. The molecule has 1 aromatic heterocycles. The number of imidazole rings is 1. The average molecular weight is 453 g/mol. The molecular weight excluding hydrogens is 425 g/mol. The molecule has 6 heteroatoms. The van der Waals surface area contributed by atoms with Crippen molar-refractivity contribution >= 4 is 29.9 Å². The van der Waals surface area contributed by atoms with Gasteiger partial charge in [-0.1, -0.05) is 30.3 Å². The average Bonchev–Trinajstić information content (AvgIpc) is 3.14. The van der Waals surface area contributed by atoms with E-state index in [1.165, 1.54) is 24.8 Å². The molecule has 0 atom stereocenters. The molecule has 2 heterocycles. The molecule has 0 spiro atoms. The molecule has 0 bridgehead atoms. The number of piperidine rings is 1. The Balaban J connectivity index is 0.00000225. The quantitative estimate of drug-likeness (QED) is 0.430. The number of guanidine groups is 1. The summed E-state index contributed by atoms with van der Waals surface area (Å²) >= 11 is 0. The Morgan fingerprint density at radius 1 is 1.24 bits per heavy atom. The van der Waals surface area contributed by atoms with E-state index in [1.54, 1.807) is 0 Å². The fourth-order valence-electron chi connectivity index (χ4n) is 3.34. The van der Waals surface area contributed by atoms with E-state index in [0.717, 1.165) is 38.1 Å². The Morgan fingerprint density at radius 2 is 2.00 bits per heavy atom. The Bertz CT molecular complexity index is 619. The standard InChI is InChI=1S/C19H27N5.HI/c1-20-19(22-10-14-23-13-9-21-16-23)24-11-7-18(8-12-24)15-17-5-3-2-4-6-17;/h2-6,9,13,16,18H,7-8,10-12,14-15H2,1H3,(H,20,22);1H. The molecule has 1 aromatic carbocycles. The van der Waals surface area contributed by atoms with Crippen LogP contribution in [0.25, 0.3) is 0 Å². The van der Waals surface area contributed by atoms with E-state index in [2.05, 4.69) is 55.1 Å². The minimum Gasteiger partial charge on any atom is -0.354 e. The smallest absolute Gasteiger partial charge is 0.193 e. The molecule has 0 radical (unpaired) electrons. The number of aromatic nitrogens is 2. The van der Waals surface area contributed by atoms with Crippen LogP contribution in [0.15, 0.2) is 54.0 Å². The number of hydrogen-bond acceptors (Lipinski definition) is 2. The largest absolute Gasteiger partial charge is 0.354 e. The first-order valence-corrected chi connectivity index (χ1v) is 8.80. The Labute approximate surface area is 167 Å². The monoisotopic (exact) mass is 453 g/mol. The summed E-state index contributed by atoms with van der Waals surface area (Å²) in [6, 6.07) is 10.8. The van der Waals surface area contributed by atoms with Crippen LogP contribution in [0.4, 0.5) is 0 Å². The number of likely N-dealkylation sites (tertiary alicyclic amines) is 1.